The summed E-state index contributed by atoms with van der Waals surface area (Å²) in [5.41, 5.74) is 0.410. The van der Waals surface area contributed by atoms with Crippen LogP contribution in [0.25, 0.3) is 0 Å². The molecule has 0 aliphatic carbocycles. The molecular formula is C27H28Br2O10. The number of hydrogen-bond donors (Lipinski definition) is 0. The van der Waals surface area contributed by atoms with Gasteiger partial charge in [0.05, 0.1) is 17.2 Å². The molecule has 39 heavy (non-hydrogen) atoms. The first kappa shape index (κ1) is 30.7. The molecule has 1 heterocycles. The fourth-order valence-electron chi connectivity index (χ4n) is 3.74. The van der Waals surface area contributed by atoms with Gasteiger partial charge in [0.25, 0.3) is 0 Å². The van der Waals surface area contributed by atoms with Crippen LogP contribution in [0.4, 0.5) is 0 Å². The van der Waals surface area contributed by atoms with E-state index < -0.39 is 60.7 Å². The normalized spacial score (nSPS) is 22.6. The van der Waals surface area contributed by atoms with Gasteiger partial charge in [0.1, 0.15) is 12.7 Å². The average Bonchev–Trinajstić information content (AvgIpc) is 2.86. The summed E-state index contributed by atoms with van der Waals surface area (Å²) < 4.78 is 35.7. The number of benzene rings is 2. The number of esters is 4. The van der Waals surface area contributed by atoms with Gasteiger partial charge in [0.15, 0.2) is 24.6 Å². The molecule has 0 unspecified atom stereocenters. The Morgan fingerprint density at radius 2 is 1.23 bits per heavy atom. The highest BCUT2D eigenvalue weighted by Crippen LogP contribution is 2.32. The van der Waals surface area contributed by atoms with Crippen LogP contribution in [0.2, 0.25) is 0 Å². The predicted octanol–water partition coefficient (Wildman–Crippen LogP) is 4.61. The lowest BCUT2D eigenvalue weighted by molar-refractivity contribution is -0.309. The predicted molar refractivity (Wildman–Crippen MR) is 144 cm³/mol. The average molecular weight is 672 g/mol. The van der Waals surface area contributed by atoms with E-state index in [0.717, 1.165) is 15.9 Å². The number of hydrogen-bond acceptors (Lipinski definition) is 10. The zero-order chi connectivity index (χ0) is 28.7. The van der Waals surface area contributed by atoms with Gasteiger partial charge in [0.2, 0.25) is 0 Å². The molecule has 5 atom stereocenters. The molecular weight excluding hydrogens is 644 g/mol. The summed E-state index contributed by atoms with van der Waals surface area (Å²) in [4.78, 5) is 50.0. The van der Waals surface area contributed by atoms with Crippen molar-refractivity contribution in [1.82, 2.24) is 0 Å². The van der Waals surface area contributed by atoms with Gasteiger partial charge in [-0.25, -0.2) is 9.59 Å². The van der Waals surface area contributed by atoms with Crippen molar-refractivity contribution in [2.45, 2.75) is 64.5 Å². The van der Waals surface area contributed by atoms with E-state index in [0.29, 0.717) is 0 Å². The smallest absolute Gasteiger partial charge is 0.338 e. The van der Waals surface area contributed by atoms with Gasteiger partial charge in [-0.3, -0.25) is 9.59 Å². The van der Waals surface area contributed by atoms with Gasteiger partial charge in [-0.05, 0) is 62.4 Å². The first-order valence-corrected chi connectivity index (χ1v) is 13.6. The third-order valence-corrected chi connectivity index (χ3v) is 6.45. The molecule has 210 valence electrons. The van der Waals surface area contributed by atoms with E-state index in [1.807, 2.05) is 0 Å². The summed E-state index contributed by atoms with van der Waals surface area (Å²) >= 11 is 6.63. The summed E-state index contributed by atoms with van der Waals surface area (Å²) in [6.07, 6.45) is -6.84. The molecule has 0 aromatic heterocycles. The SMILES string of the molecule is CC(=O)OC[C@H]1O[C@@H](OC(C)C)[C@H](OC(=O)c2ccc(Br)cc2)[C@@H](OC(=O)c2ccc(Br)cc2)[C@@H]1OC(C)=O. The second-order valence-electron chi connectivity index (χ2n) is 8.86. The second kappa shape index (κ2) is 14.0. The highest BCUT2D eigenvalue weighted by atomic mass is 79.9. The molecule has 10 nitrogen and oxygen atoms in total. The Hall–Kier alpha value is -2.80. The van der Waals surface area contributed by atoms with E-state index in [4.69, 9.17) is 28.4 Å². The van der Waals surface area contributed by atoms with E-state index in [-0.39, 0.29) is 17.7 Å². The second-order valence-corrected chi connectivity index (χ2v) is 10.7. The molecule has 0 N–H and O–H groups in total. The Morgan fingerprint density at radius 1 is 0.744 bits per heavy atom. The maximum absolute atomic E-state index is 13.2. The lowest BCUT2D eigenvalue weighted by Crippen LogP contribution is -2.63. The zero-order valence-corrected chi connectivity index (χ0v) is 24.8. The number of halogens is 2. The minimum atomic E-state index is -1.39. The Kier molecular flexibility index (Phi) is 11.0. The van der Waals surface area contributed by atoms with Crippen LogP contribution in [0.15, 0.2) is 57.5 Å². The fourth-order valence-corrected chi connectivity index (χ4v) is 4.27. The molecule has 0 radical (unpaired) electrons. The van der Waals surface area contributed by atoms with Crippen molar-refractivity contribution in [3.8, 4) is 0 Å². The summed E-state index contributed by atoms with van der Waals surface area (Å²) in [5, 5.41) is 0. The molecule has 0 saturated carbocycles. The molecule has 3 rings (SSSR count). The zero-order valence-electron chi connectivity index (χ0n) is 21.6. The summed E-state index contributed by atoms with van der Waals surface area (Å²) in [6, 6.07) is 12.8. The van der Waals surface area contributed by atoms with Crippen molar-refractivity contribution < 1.29 is 47.6 Å². The summed E-state index contributed by atoms with van der Waals surface area (Å²) in [5.74, 6) is -2.85. The van der Waals surface area contributed by atoms with Gasteiger partial charge in [-0.1, -0.05) is 31.9 Å². The number of rotatable bonds is 9. The highest BCUT2D eigenvalue weighted by Gasteiger charge is 2.53. The Balaban J connectivity index is 2.03. The van der Waals surface area contributed by atoms with Gasteiger partial charge >= 0.3 is 23.9 Å². The van der Waals surface area contributed by atoms with E-state index in [9.17, 15) is 19.2 Å². The van der Waals surface area contributed by atoms with Crippen LogP contribution in [0.1, 0.15) is 48.4 Å². The van der Waals surface area contributed by atoms with Crippen LogP contribution >= 0.6 is 31.9 Å². The van der Waals surface area contributed by atoms with Crippen molar-refractivity contribution in [2.75, 3.05) is 6.61 Å². The van der Waals surface area contributed by atoms with Crippen molar-refractivity contribution >= 4 is 55.7 Å². The van der Waals surface area contributed by atoms with Crippen molar-refractivity contribution in [1.29, 1.82) is 0 Å². The van der Waals surface area contributed by atoms with Crippen molar-refractivity contribution in [3.05, 3.63) is 68.6 Å². The first-order chi connectivity index (χ1) is 18.4. The Morgan fingerprint density at radius 3 is 1.67 bits per heavy atom. The van der Waals surface area contributed by atoms with Crippen LogP contribution in [-0.2, 0) is 38.0 Å². The maximum atomic E-state index is 13.2. The minimum Gasteiger partial charge on any atom is -0.463 e. The molecule has 12 heteroatoms. The standard InChI is InChI=1S/C27H28Br2O10/c1-14(2)35-27-24(39-26(33)18-7-11-20(29)12-8-18)23(38-25(32)17-5-9-19(28)10-6-17)22(36-16(4)31)21(37-27)13-34-15(3)30/h5-12,14,21-24,27H,13H2,1-4H3/t21-,22-,23+,24-,27-/m1/s1. The van der Waals surface area contributed by atoms with Gasteiger partial charge < -0.3 is 28.4 Å². The fraction of sp³-hybridized carbons (Fsp3) is 0.407. The molecule has 1 aliphatic rings. The molecule has 2 aromatic rings. The van der Waals surface area contributed by atoms with Crippen LogP contribution in [0.5, 0.6) is 0 Å². The van der Waals surface area contributed by atoms with Crippen molar-refractivity contribution in [2.24, 2.45) is 0 Å². The first-order valence-electron chi connectivity index (χ1n) is 12.0. The molecule has 0 amide bonds. The van der Waals surface area contributed by atoms with Crippen LogP contribution < -0.4 is 0 Å². The molecule has 1 saturated heterocycles. The van der Waals surface area contributed by atoms with E-state index in [2.05, 4.69) is 31.9 Å². The summed E-state index contributed by atoms with van der Waals surface area (Å²) in [6.45, 7) is 5.50. The highest BCUT2D eigenvalue weighted by molar-refractivity contribution is 9.10. The Labute approximate surface area is 242 Å². The lowest BCUT2D eigenvalue weighted by Gasteiger charge is -2.44. The number of ether oxygens (including phenoxy) is 6. The summed E-state index contributed by atoms with van der Waals surface area (Å²) in [7, 11) is 0. The largest absolute Gasteiger partial charge is 0.463 e. The third kappa shape index (κ3) is 8.85. The lowest BCUT2D eigenvalue weighted by atomic mass is 9.97. The maximum Gasteiger partial charge on any atom is 0.338 e. The molecule has 0 spiro atoms. The molecule has 1 fully saturated rings. The third-order valence-electron chi connectivity index (χ3n) is 5.40. The topological polar surface area (TPSA) is 124 Å². The van der Waals surface area contributed by atoms with Crippen LogP contribution in [0, 0.1) is 0 Å². The van der Waals surface area contributed by atoms with Crippen LogP contribution in [-0.4, -0.2) is 67.3 Å². The minimum absolute atomic E-state index is 0.196. The number of carbonyl (C=O) groups is 4. The Bertz CT molecular complexity index is 1170. The van der Waals surface area contributed by atoms with Crippen LogP contribution in [0.3, 0.4) is 0 Å². The van der Waals surface area contributed by atoms with E-state index >= 15 is 0 Å². The van der Waals surface area contributed by atoms with Gasteiger partial charge in [0, 0.05) is 22.8 Å². The molecule has 2 aromatic carbocycles. The number of carbonyl (C=O) groups excluding carboxylic acids is 4. The van der Waals surface area contributed by atoms with E-state index in [1.165, 1.54) is 19.1 Å². The monoisotopic (exact) mass is 670 g/mol. The van der Waals surface area contributed by atoms with Gasteiger partial charge in [-0.2, -0.15) is 0 Å². The quantitative estimate of drug-likeness (QED) is 0.276. The van der Waals surface area contributed by atoms with Gasteiger partial charge in [-0.15, -0.1) is 0 Å². The molecule has 0 bridgehead atoms. The van der Waals surface area contributed by atoms with E-state index in [1.54, 1.807) is 50.2 Å². The molecule has 1 aliphatic heterocycles. The van der Waals surface area contributed by atoms with Crippen molar-refractivity contribution in [3.63, 3.8) is 0 Å².